The van der Waals surface area contributed by atoms with Crippen molar-refractivity contribution >= 4 is 56.1 Å². The smallest absolute Gasteiger partial charge is 0.267 e. The molecule has 0 fully saturated rings. The number of benzene rings is 1. The summed E-state index contributed by atoms with van der Waals surface area (Å²) < 4.78 is 32.7. The largest absolute Gasteiger partial charge is 0.398 e. The van der Waals surface area contributed by atoms with Crippen molar-refractivity contribution in [2.45, 2.75) is 32.6 Å². The Balaban J connectivity index is 1.93. The molecule has 29 heavy (non-hydrogen) atoms. The number of aromatic nitrogens is 1. The van der Waals surface area contributed by atoms with Crippen LogP contribution < -0.4 is 15.8 Å². The molecule has 0 saturated carbocycles. The van der Waals surface area contributed by atoms with Gasteiger partial charge in [-0.05, 0) is 55.8 Å². The molecule has 0 unspecified atom stereocenters. The van der Waals surface area contributed by atoms with E-state index < -0.39 is 15.9 Å². The van der Waals surface area contributed by atoms with Crippen molar-refractivity contribution in [3.05, 3.63) is 49.8 Å². The number of nitrogen functional groups attached to an aromatic ring is 1. The molecule has 1 aromatic carbocycles. The molecular formula is C18H19ClN4O4S2. The Morgan fingerprint density at radius 1 is 1.24 bits per heavy atom. The van der Waals surface area contributed by atoms with Gasteiger partial charge in [-0.3, -0.25) is 4.79 Å². The van der Waals surface area contributed by atoms with E-state index in [1.54, 1.807) is 13.8 Å². The standard InChI is InChI=1S/C18H19ClN4O4S2/c1-8-7-9(2)15(10(3)14(8)20)21-17(24)16-12(5-6-28-16)29(25,26)23-18-13(19)11(4)22-27-18/h5-7,23H,20H2,1-4H3,(H,21,24). The highest BCUT2D eigenvalue weighted by Crippen LogP contribution is 2.32. The molecule has 0 bridgehead atoms. The van der Waals surface area contributed by atoms with Gasteiger partial charge < -0.3 is 15.6 Å². The van der Waals surface area contributed by atoms with Crippen LogP contribution in [-0.4, -0.2) is 19.5 Å². The Hall–Kier alpha value is -2.56. The van der Waals surface area contributed by atoms with Crippen molar-refractivity contribution < 1.29 is 17.7 Å². The van der Waals surface area contributed by atoms with Crippen LogP contribution in [0, 0.1) is 27.7 Å². The second-order valence-electron chi connectivity index (χ2n) is 6.51. The highest BCUT2D eigenvalue weighted by molar-refractivity contribution is 7.93. The molecule has 0 radical (unpaired) electrons. The molecule has 8 nitrogen and oxygen atoms in total. The minimum atomic E-state index is -4.13. The van der Waals surface area contributed by atoms with E-state index >= 15 is 0 Å². The Morgan fingerprint density at radius 2 is 1.93 bits per heavy atom. The number of rotatable bonds is 5. The van der Waals surface area contributed by atoms with Crippen LogP contribution in [0.4, 0.5) is 17.3 Å². The van der Waals surface area contributed by atoms with Crippen LogP contribution in [0.3, 0.4) is 0 Å². The fourth-order valence-electron chi connectivity index (χ4n) is 2.84. The molecule has 0 aliphatic rings. The molecule has 3 rings (SSSR count). The van der Waals surface area contributed by atoms with Crippen molar-refractivity contribution in [1.82, 2.24) is 5.16 Å². The number of sulfonamides is 1. The molecule has 11 heteroatoms. The van der Waals surface area contributed by atoms with Crippen LogP contribution in [0.15, 0.2) is 26.9 Å². The molecule has 1 amide bonds. The number of nitrogens with one attached hydrogen (secondary N) is 2. The third-order valence-electron chi connectivity index (χ3n) is 4.41. The highest BCUT2D eigenvalue weighted by atomic mass is 35.5. The number of amides is 1. The van der Waals surface area contributed by atoms with Crippen molar-refractivity contribution in [3.63, 3.8) is 0 Å². The van der Waals surface area contributed by atoms with Gasteiger partial charge in [0, 0.05) is 11.4 Å². The summed E-state index contributed by atoms with van der Waals surface area (Å²) in [5, 5.41) is 7.95. The number of thiophene rings is 1. The van der Waals surface area contributed by atoms with E-state index in [-0.39, 0.29) is 20.7 Å². The summed E-state index contributed by atoms with van der Waals surface area (Å²) >= 11 is 6.98. The Morgan fingerprint density at radius 3 is 2.55 bits per heavy atom. The number of hydrogen-bond donors (Lipinski definition) is 3. The average Bonchev–Trinajstić information content (AvgIpc) is 3.26. The molecule has 3 aromatic rings. The van der Waals surface area contributed by atoms with Crippen molar-refractivity contribution in [2.24, 2.45) is 0 Å². The number of halogens is 1. The number of carbonyl (C=O) groups is 1. The fourth-order valence-corrected chi connectivity index (χ4v) is 5.33. The summed E-state index contributed by atoms with van der Waals surface area (Å²) in [5.74, 6) is -0.769. The fraction of sp³-hybridized carbons (Fsp3) is 0.222. The minimum absolute atomic E-state index is 0.0165. The number of nitrogens with two attached hydrogens (primary N) is 1. The predicted octanol–water partition coefficient (Wildman–Crippen LogP) is 4.26. The third-order valence-corrected chi connectivity index (χ3v) is 7.27. The first kappa shape index (κ1) is 21.2. The lowest BCUT2D eigenvalue weighted by Gasteiger charge is -2.15. The Bertz CT molecular complexity index is 1210. The summed E-state index contributed by atoms with van der Waals surface area (Å²) in [6.45, 7) is 7.10. The maximum absolute atomic E-state index is 12.9. The van der Waals surface area contributed by atoms with E-state index in [0.717, 1.165) is 28.0 Å². The lowest BCUT2D eigenvalue weighted by molar-refractivity contribution is 0.102. The molecule has 0 spiro atoms. The van der Waals surface area contributed by atoms with Gasteiger partial charge in [-0.15, -0.1) is 11.3 Å². The van der Waals surface area contributed by atoms with Gasteiger partial charge in [-0.1, -0.05) is 22.8 Å². The predicted molar refractivity (Wildman–Crippen MR) is 114 cm³/mol. The number of carbonyl (C=O) groups excluding carboxylic acids is 1. The second-order valence-corrected chi connectivity index (χ2v) is 9.45. The monoisotopic (exact) mass is 454 g/mol. The lowest BCUT2D eigenvalue weighted by atomic mass is 10.0. The van der Waals surface area contributed by atoms with E-state index in [1.807, 2.05) is 19.9 Å². The third kappa shape index (κ3) is 3.96. The van der Waals surface area contributed by atoms with E-state index in [2.05, 4.69) is 15.2 Å². The number of anilines is 3. The zero-order chi connectivity index (χ0) is 21.5. The first-order valence-electron chi connectivity index (χ1n) is 8.42. The van der Waals surface area contributed by atoms with E-state index in [1.165, 1.54) is 11.4 Å². The van der Waals surface area contributed by atoms with Crippen molar-refractivity contribution in [3.8, 4) is 0 Å². The van der Waals surface area contributed by atoms with Gasteiger partial charge in [-0.2, -0.15) is 0 Å². The lowest BCUT2D eigenvalue weighted by Crippen LogP contribution is -2.19. The molecule has 0 aliphatic heterocycles. The SMILES string of the molecule is Cc1cc(C)c(NC(=O)c2sccc2S(=O)(=O)Nc2onc(C)c2Cl)c(C)c1N. The van der Waals surface area contributed by atoms with Gasteiger partial charge in [0.2, 0.25) is 0 Å². The minimum Gasteiger partial charge on any atom is -0.398 e. The summed E-state index contributed by atoms with van der Waals surface area (Å²) in [4.78, 5) is 12.7. The molecule has 2 heterocycles. The number of aryl methyl sites for hydroxylation is 3. The van der Waals surface area contributed by atoms with Gasteiger partial charge in [0.1, 0.15) is 20.5 Å². The van der Waals surface area contributed by atoms with Crippen LogP contribution in [-0.2, 0) is 10.0 Å². The van der Waals surface area contributed by atoms with Crippen LogP contribution in [0.5, 0.6) is 0 Å². The zero-order valence-corrected chi connectivity index (χ0v) is 18.5. The summed E-state index contributed by atoms with van der Waals surface area (Å²) in [5.41, 5.74) is 9.98. The summed E-state index contributed by atoms with van der Waals surface area (Å²) in [6, 6.07) is 3.20. The zero-order valence-electron chi connectivity index (χ0n) is 16.1. The average molecular weight is 455 g/mol. The van der Waals surface area contributed by atoms with Crippen LogP contribution in [0.25, 0.3) is 0 Å². The van der Waals surface area contributed by atoms with Crippen molar-refractivity contribution in [2.75, 3.05) is 15.8 Å². The molecular weight excluding hydrogens is 436 g/mol. The first-order valence-corrected chi connectivity index (χ1v) is 11.2. The van der Waals surface area contributed by atoms with E-state index in [9.17, 15) is 13.2 Å². The van der Waals surface area contributed by atoms with Crippen LogP contribution in [0.2, 0.25) is 5.02 Å². The van der Waals surface area contributed by atoms with Gasteiger partial charge >= 0.3 is 0 Å². The van der Waals surface area contributed by atoms with Gasteiger partial charge in [0.25, 0.3) is 21.8 Å². The van der Waals surface area contributed by atoms with Gasteiger partial charge in [0.15, 0.2) is 0 Å². The number of nitrogens with zero attached hydrogens (tertiary/aromatic N) is 1. The maximum Gasteiger partial charge on any atom is 0.267 e. The maximum atomic E-state index is 12.9. The topological polar surface area (TPSA) is 127 Å². The Kier molecular flexibility index (Phi) is 5.61. The van der Waals surface area contributed by atoms with Crippen LogP contribution >= 0.6 is 22.9 Å². The van der Waals surface area contributed by atoms with E-state index in [4.69, 9.17) is 21.9 Å². The van der Waals surface area contributed by atoms with Crippen molar-refractivity contribution in [1.29, 1.82) is 0 Å². The highest BCUT2D eigenvalue weighted by Gasteiger charge is 2.27. The summed E-state index contributed by atoms with van der Waals surface area (Å²) in [6.07, 6.45) is 0. The molecule has 0 atom stereocenters. The normalized spacial score (nSPS) is 11.5. The second kappa shape index (κ2) is 7.69. The number of hydrogen-bond acceptors (Lipinski definition) is 7. The molecule has 2 aromatic heterocycles. The molecule has 0 aliphatic carbocycles. The molecule has 154 valence electrons. The van der Waals surface area contributed by atoms with Crippen LogP contribution in [0.1, 0.15) is 32.1 Å². The Labute approximate surface area is 177 Å². The molecule has 0 saturated heterocycles. The quantitative estimate of drug-likeness (QED) is 0.494. The van der Waals surface area contributed by atoms with Gasteiger partial charge in [0.05, 0.1) is 0 Å². The molecule has 4 N–H and O–H groups in total. The summed E-state index contributed by atoms with van der Waals surface area (Å²) in [7, 11) is -4.13. The first-order chi connectivity index (χ1) is 13.5. The van der Waals surface area contributed by atoms with E-state index in [0.29, 0.717) is 17.1 Å². The van der Waals surface area contributed by atoms with Gasteiger partial charge in [-0.25, -0.2) is 13.1 Å².